The molecule has 0 aliphatic carbocycles. The van der Waals surface area contributed by atoms with E-state index in [2.05, 4.69) is 69.7 Å². The molecule has 240 valence electrons. The number of fused-ring (bicyclic) bond motifs is 2. The summed E-state index contributed by atoms with van der Waals surface area (Å²) in [5.41, 5.74) is 2.82. The van der Waals surface area contributed by atoms with Gasteiger partial charge >= 0.3 is 5.97 Å². The summed E-state index contributed by atoms with van der Waals surface area (Å²) in [6.45, 7) is 2.47. The molecular formula is C32H23Br2N9O3S2. The average molecular weight is 806 g/mol. The van der Waals surface area contributed by atoms with Gasteiger partial charge in [0.1, 0.15) is 0 Å². The summed E-state index contributed by atoms with van der Waals surface area (Å²) in [6.07, 6.45) is 0. The molecule has 16 heteroatoms. The molecule has 0 fully saturated rings. The van der Waals surface area contributed by atoms with Gasteiger partial charge in [-0.3, -0.25) is 18.7 Å². The lowest BCUT2D eigenvalue weighted by molar-refractivity contribution is -0.134. The van der Waals surface area contributed by atoms with Crippen molar-refractivity contribution in [2.75, 3.05) is 18.1 Å². The Bertz CT molecular complexity index is 2240. The van der Waals surface area contributed by atoms with E-state index >= 15 is 0 Å². The van der Waals surface area contributed by atoms with Gasteiger partial charge in [-0.05, 0) is 63.0 Å². The van der Waals surface area contributed by atoms with Gasteiger partial charge in [-0.1, -0.05) is 72.1 Å². The third-order valence-corrected chi connectivity index (χ3v) is 9.61. The first kappa shape index (κ1) is 34.6. The van der Waals surface area contributed by atoms with E-state index in [9.17, 15) is 20.1 Å². The summed E-state index contributed by atoms with van der Waals surface area (Å²) in [4.78, 5) is 22.5. The average Bonchev–Trinajstić information content (AvgIpc) is 3.66. The lowest BCUT2D eigenvalue weighted by atomic mass is 10.0. The van der Waals surface area contributed by atoms with E-state index in [1.807, 2.05) is 66.1 Å². The molecule has 0 aliphatic heterocycles. The summed E-state index contributed by atoms with van der Waals surface area (Å²) in [6, 6.07) is 26.8. The zero-order valence-electron chi connectivity index (χ0n) is 25.0. The van der Waals surface area contributed by atoms with Crippen molar-refractivity contribution in [1.82, 2.24) is 34.8 Å². The predicted molar refractivity (Wildman–Crippen MR) is 190 cm³/mol. The highest BCUT2D eigenvalue weighted by Crippen LogP contribution is 2.32. The number of benzene rings is 4. The number of rotatable bonds is 9. The summed E-state index contributed by atoms with van der Waals surface area (Å²) in [7, 11) is 0. The minimum Gasteiger partial charge on any atom is -0.481 e. The third kappa shape index (κ3) is 7.53. The number of carbonyl (C=O) groups excluding carboxylic acids is 1. The van der Waals surface area contributed by atoms with Crippen molar-refractivity contribution >= 4 is 88.8 Å². The fourth-order valence-electron chi connectivity index (χ4n) is 4.75. The van der Waals surface area contributed by atoms with Gasteiger partial charge in [0.25, 0.3) is 0 Å². The zero-order chi connectivity index (χ0) is 34.2. The SMILES string of the molecule is CCNC(=O)CSc1nnc(Br)n1-c1ccc(C#N)c2ccccc12.N#Cc1ccc(-n2c(Br)nnc2SCC(=O)O)c2ccccc12. The van der Waals surface area contributed by atoms with Gasteiger partial charge in [-0.2, -0.15) is 10.5 Å². The highest BCUT2D eigenvalue weighted by atomic mass is 79.9. The number of aromatic nitrogens is 6. The van der Waals surface area contributed by atoms with Crippen molar-refractivity contribution in [1.29, 1.82) is 10.5 Å². The van der Waals surface area contributed by atoms with E-state index in [4.69, 9.17) is 5.11 Å². The van der Waals surface area contributed by atoms with Crippen molar-refractivity contribution in [3.63, 3.8) is 0 Å². The number of nitrogens with one attached hydrogen (secondary N) is 1. The summed E-state index contributed by atoms with van der Waals surface area (Å²) < 4.78 is 4.59. The van der Waals surface area contributed by atoms with Crippen LogP contribution in [0.4, 0.5) is 0 Å². The Kier molecular flexibility index (Phi) is 11.5. The number of nitriles is 2. The van der Waals surface area contributed by atoms with Crippen LogP contribution in [0.25, 0.3) is 32.9 Å². The number of aliphatic carboxylic acids is 1. The maximum atomic E-state index is 11.7. The first-order valence-electron chi connectivity index (χ1n) is 14.1. The molecule has 2 aromatic heterocycles. The minimum atomic E-state index is -0.926. The van der Waals surface area contributed by atoms with Crippen molar-refractivity contribution in [3.05, 3.63) is 93.4 Å². The second kappa shape index (κ2) is 15.9. The number of thioether (sulfide) groups is 2. The molecule has 0 spiro atoms. The van der Waals surface area contributed by atoms with E-state index in [0.717, 1.165) is 44.7 Å². The number of hydrogen-bond acceptors (Lipinski definition) is 10. The normalized spacial score (nSPS) is 10.6. The van der Waals surface area contributed by atoms with Crippen LogP contribution in [-0.2, 0) is 9.59 Å². The van der Waals surface area contributed by atoms with Gasteiger partial charge in [0.2, 0.25) is 15.4 Å². The molecule has 0 unspecified atom stereocenters. The van der Waals surface area contributed by atoms with E-state index in [1.54, 1.807) is 22.8 Å². The molecule has 2 heterocycles. The molecule has 1 amide bonds. The van der Waals surface area contributed by atoms with E-state index < -0.39 is 5.97 Å². The van der Waals surface area contributed by atoms with Gasteiger partial charge in [0.05, 0.1) is 46.1 Å². The lowest BCUT2D eigenvalue weighted by Crippen LogP contribution is -2.24. The van der Waals surface area contributed by atoms with Gasteiger partial charge in [0, 0.05) is 28.1 Å². The minimum absolute atomic E-state index is 0.0529. The summed E-state index contributed by atoms with van der Waals surface area (Å²) in [5, 5.41) is 51.0. The number of carboxylic acid groups (broad SMARTS) is 1. The van der Waals surface area contributed by atoms with E-state index in [-0.39, 0.29) is 17.4 Å². The zero-order valence-corrected chi connectivity index (χ0v) is 29.8. The lowest BCUT2D eigenvalue weighted by Gasteiger charge is -2.12. The molecule has 12 nitrogen and oxygen atoms in total. The highest BCUT2D eigenvalue weighted by molar-refractivity contribution is 9.10. The number of carboxylic acids is 1. The topological polar surface area (TPSA) is 175 Å². The smallest absolute Gasteiger partial charge is 0.313 e. The Morgan fingerprint density at radius 2 is 1.17 bits per heavy atom. The fourth-order valence-corrected chi connectivity index (χ4v) is 7.30. The second-order valence-electron chi connectivity index (χ2n) is 9.68. The van der Waals surface area contributed by atoms with E-state index in [1.165, 1.54) is 11.8 Å². The van der Waals surface area contributed by atoms with Crippen LogP contribution >= 0.6 is 55.4 Å². The van der Waals surface area contributed by atoms with Crippen LogP contribution in [0.5, 0.6) is 0 Å². The molecule has 2 N–H and O–H groups in total. The van der Waals surface area contributed by atoms with Crippen molar-refractivity contribution in [2.24, 2.45) is 0 Å². The molecule has 0 radical (unpaired) electrons. The fraction of sp³-hybridized carbons (Fsp3) is 0.125. The molecule has 4 aromatic carbocycles. The van der Waals surface area contributed by atoms with Gasteiger partial charge in [0.15, 0.2) is 10.3 Å². The Hall–Kier alpha value is -4.74. The largest absolute Gasteiger partial charge is 0.481 e. The molecule has 0 saturated carbocycles. The standard InChI is InChI=1S/C17H14BrN5OS.C15H9BrN4O2S/c1-2-20-15(24)10-25-17-22-21-16(18)23(17)14-8-7-11(9-19)12-5-3-4-6-13(12)14;16-14-18-19-15(23-8-13(21)22)20(14)12-6-5-9(7-17)10-3-1-2-4-11(10)12/h3-8H,2,10H2,1H3,(H,20,24);1-6H,8H2,(H,21,22). The van der Waals surface area contributed by atoms with Crippen molar-refractivity contribution in [2.45, 2.75) is 17.2 Å². The summed E-state index contributed by atoms with van der Waals surface area (Å²) >= 11 is 9.16. The molecular weight excluding hydrogens is 782 g/mol. The van der Waals surface area contributed by atoms with Crippen LogP contribution in [0.15, 0.2) is 92.6 Å². The summed E-state index contributed by atoms with van der Waals surface area (Å²) in [5.74, 6) is -0.833. The molecule has 48 heavy (non-hydrogen) atoms. The quantitative estimate of drug-likeness (QED) is 0.152. The molecule has 0 saturated heterocycles. The number of carbonyl (C=O) groups is 2. The monoisotopic (exact) mass is 803 g/mol. The number of nitrogens with zero attached hydrogens (tertiary/aromatic N) is 8. The van der Waals surface area contributed by atoms with Crippen LogP contribution in [0, 0.1) is 22.7 Å². The molecule has 0 aliphatic rings. The van der Waals surface area contributed by atoms with Crippen LogP contribution in [0.3, 0.4) is 0 Å². The predicted octanol–water partition coefficient (Wildman–Crippen LogP) is 6.51. The number of amides is 1. The number of hydrogen-bond donors (Lipinski definition) is 2. The Labute approximate surface area is 299 Å². The number of halogens is 2. The molecule has 0 bridgehead atoms. The van der Waals surface area contributed by atoms with Gasteiger partial charge in [-0.15, -0.1) is 20.4 Å². The van der Waals surface area contributed by atoms with Crippen molar-refractivity contribution < 1.29 is 14.7 Å². The van der Waals surface area contributed by atoms with E-state index in [0.29, 0.717) is 37.5 Å². The van der Waals surface area contributed by atoms with Crippen LogP contribution in [0.2, 0.25) is 0 Å². The first-order valence-corrected chi connectivity index (χ1v) is 17.6. The van der Waals surface area contributed by atoms with Crippen LogP contribution in [0.1, 0.15) is 18.1 Å². The Morgan fingerprint density at radius 1 is 0.729 bits per heavy atom. The van der Waals surface area contributed by atoms with Crippen LogP contribution in [-0.4, -0.2) is 64.6 Å². The van der Waals surface area contributed by atoms with Crippen molar-refractivity contribution in [3.8, 4) is 23.5 Å². The highest BCUT2D eigenvalue weighted by Gasteiger charge is 2.18. The Morgan fingerprint density at radius 3 is 1.58 bits per heavy atom. The van der Waals surface area contributed by atoms with Gasteiger partial charge < -0.3 is 10.4 Å². The third-order valence-electron chi connectivity index (χ3n) is 6.74. The maximum Gasteiger partial charge on any atom is 0.313 e. The van der Waals surface area contributed by atoms with Gasteiger partial charge in [-0.25, -0.2) is 0 Å². The Balaban J connectivity index is 0.000000188. The molecule has 6 rings (SSSR count). The maximum absolute atomic E-state index is 11.7. The first-order chi connectivity index (χ1) is 23.3. The second-order valence-corrected chi connectivity index (χ2v) is 13.0. The molecule has 0 atom stereocenters. The van der Waals surface area contributed by atoms with Crippen LogP contribution < -0.4 is 5.32 Å². The molecule has 6 aromatic rings.